The van der Waals surface area contributed by atoms with Gasteiger partial charge < -0.3 is 10.1 Å². The van der Waals surface area contributed by atoms with E-state index in [4.69, 9.17) is 16.3 Å². The summed E-state index contributed by atoms with van der Waals surface area (Å²) >= 11 is 9.71. The van der Waals surface area contributed by atoms with Crippen molar-refractivity contribution in [2.24, 2.45) is 0 Å². The van der Waals surface area contributed by atoms with E-state index in [1.54, 1.807) is 0 Å². The van der Waals surface area contributed by atoms with Gasteiger partial charge >= 0.3 is 0 Å². The molecule has 1 aromatic rings. The zero-order chi connectivity index (χ0) is 10.7. The molecule has 0 spiro atoms. The van der Waals surface area contributed by atoms with Crippen LogP contribution in [0.1, 0.15) is 0 Å². The number of anilines is 1. The second-order valence-corrected chi connectivity index (χ2v) is 5.03. The van der Waals surface area contributed by atoms with Gasteiger partial charge in [-0.2, -0.15) is 0 Å². The van der Waals surface area contributed by atoms with Crippen LogP contribution >= 0.6 is 27.7 Å². The van der Waals surface area contributed by atoms with Crippen molar-refractivity contribution in [1.29, 1.82) is 0 Å². The number of hydrogen-bond acceptors (Lipinski definition) is 3. The first-order valence-electron chi connectivity index (χ1n) is 4.75. The number of nitrogens with zero attached hydrogens (tertiary/aromatic N) is 1. The van der Waals surface area contributed by atoms with Crippen LogP contribution in [0.25, 0.3) is 0 Å². The van der Waals surface area contributed by atoms with Crippen LogP contribution in [0.5, 0.6) is 0 Å². The molecule has 1 aliphatic heterocycles. The minimum absolute atomic E-state index is 0.587. The fourth-order valence-electron chi connectivity index (χ4n) is 1.46. The molecule has 5 heteroatoms. The van der Waals surface area contributed by atoms with Crippen LogP contribution in [0.2, 0.25) is 0 Å². The van der Waals surface area contributed by atoms with Crippen molar-refractivity contribution >= 4 is 33.4 Å². The third kappa shape index (κ3) is 3.08. The van der Waals surface area contributed by atoms with E-state index in [1.807, 2.05) is 34.3 Å². The Morgan fingerprint density at radius 3 is 2.80 bits per heavy atom. The molecular formula is C10H12BrClN2O. The molecule has 2 rings (SSSR count). The summed E-state index contributed by atoms with van der Waals surface area (Å²) in [5.41, 5.74) is 0.954. The van der Waals surface area contributed by atoms with Crippen LogP contribution in [-0.4, -0.2) is 28.8 Å². The highest BCUT2D eigenvalue weighted by Crippen LogP contribution is 2.26. The monoisotopic (exact) mass is 290 g/mol. The molecule has 0 radical (unpaired) electrons. The molecule has 1 aromatic carbocycles. The van der Waals surface area contributed by atoms with Crippen LogP contribution in [0.4, 0.5) is 5.69 Å². The van der Waals surface area contributed by atoms with Crippen LogP contribution < -0.4 is 5.32 Å². The van der Waals surface area contributed by atoms with Gasteiger partial charge in [-0.15, -0.1) is 0 Å². The Kier molecular flexibility index (Phi) is 3.51. The third-order valence-corrected chi connectivity index (χ3v) is 3.07. The van der Waals surface area contributed by atoms with Gasteiger partial charge in [0, 0.05) is 28.4 Å². The SMILES string of the molecule is ClC1(Nc2ccccc2)CN(Br)CCO1. The number of rotatable bonds is 2. The van der Waals surface area contributed by atoms with Crippen molar-refractivity contribution in [1.82, 2.24) is 3.93 Å². The van der Waals surface area contributed by atoms with Crippen LogP contribution in [0.15, 0.2) is 30.3 Å². The first-order chi connectivity index (χ1) is 7.18. The summed E-state index contributed by atoms with van der Waals surface area (Å²) < 4.78 is 7.48. The summed E-state index contributed by atoms with van der Waals surface area (Å²) in [5, 5.41) is 2.32. The van der Waals surface area contributed by atoms with Crippen molar-refractivity contribution in [3.63, 3.8) is 0 Å². The molecule has 1 heterocycles. The Morgan fingerprint density at radius 1 is 1.40 bits per heavy atom. The fourth-order valence-corrected chi connectivity index (χ4v) is 2.44. The van der Waals surface area contributed by atoms with Gasteiger partial charge in [0.25, 0.3) is 0 Å². The fraction of sp³-hybridized carbons (Fsp3) is 0.400. The Hall–Kier alpha value is -0.290. The highest BCUT2D eigenvalue weighted by Gasteiger charge is 2.33. The maximum atomic E-state index is 6.30. The van der Waals surface area contributed by atoms with Crippen molar-refractivity contribution in [2.75, 3.05) is 25.0 Å². The highest BCUT2D eigenvalue weighted by atomic mass is 79.9. The zero-order valence-corrected chi connectivity index (χ0v) is 10.5. The number of nitrogens with one attached hydrogen (secondary N) is 1. The van der Waals surface area contributed by atoms with Crippen molar-refractivity contribution in [3.05, 3.63) is 30.3 Å². The molecule has 0 saturated carbocycles. The van der Waals surface area contributed by atoms with E-state index in [2.05, 4.69) is 21.5 Å². The largest absolute Gasteiger partial charge is 0.344 e. The van der Waals surface area contributed by atoms with E-state index in [9.17, 15) is 0 Å². The van der Waals surface area contributed by atoms with Gasteiger partial charge in [0.15, 0.2) is 0 Å². The van der Waals surface area contributed by atoms with E-state index in [1.165, 1.54) is 0 Å². The van der Waals surface area contributed by atoms with Crippen molar-refractivity contribution in [3.8, 4) is 0 Å². The summed E-state index contributed by atoms with van der Waals surface area (Å²) in [6.07, 6.45) is 0. The molecule has 1 atom stereocenters. The smallest absolute Gasteiger partial charge is 0.230 e. The molecule has 1 saturated heterocycles. The average molecular weight is 292 g/mol. The van der Waals surface area contributed by atoms with Crippen LogP contribution in [0, 0.1) is 0 Å². The molecule has 1 N–H and O–H groups in total. The van der Waals surface area contributed by atoms with Crippen molar-refractivity contribution in [2.45, 2.75) is 5.18 Å². The lowest BCUT2D eigenvalue weighted by molar-refractivity contribution is -0.00885. The third-order valence-electron chi connectivity index (χ3n) is 2.14. The number of halogens is 2. The maximum Gasteiger partial charge on any atom is 0.230 e. The average Bonchev–Trinajstić information content (AvgIpc) is 2.18. The summed E-state index contributed by atoms with van der Waals surface area (Å²) in [6, 6.07) is 9.79. The first kappa shape index (κ1) is 11.2. The number of morpholine rings is 1. The van der Waals surface area contributed by atoms with Crippen LogP contribution in [0.3, 0.4) is 0 Å². The topological polar surface area (TPSA) is 24.5 Å². The zero-order valence-electron chi connectivity index (χ0n) is 8.12. The van der Waals surface area contributed by atoms with E-state index in [0.29, 0.717) is 13.2 Å². The lowest BCUT2D eigenvalue weighted by Gasteiger charge is -2.36. The molecule has 1 aliphatic rings. The number of para-hydroxylation sites is 1. The van der Waals surface area contributed by atoms with Gasteiger partial charge in [-0.05, 0) is 12.1 Å². The normalized spacial score (nSPS) is 27.6. The maximum absolute atomic E-state index is 6.30. The molecule has 0 amide bonds. The lowest BCUT2D eigenvalue weighted by Crippen LogP contribution is -2.49. The predicted molar refractivity (Wildman–Crippen MR) is 65.1 cm³/mol. The second-order valence-electron chi connectivity index (χ2n) is 3.41. The lowest BCUT2D eigenvalue weighted by atomic mass is 10.3. The molecule has 0 aromatic heterocycles. The van der Waals surface area contributed by atoms with Gasteiger partial charge in [-0.25, -0.2) is 3.93 Å². The molecule has 1 unspecified atom stereocenters. The summed E-state index contributed by atoms with van der Waals surface area (Å²) in [4.78, 5) is 0. The molecule has 0 bridgehead atoms. The number of ether oxygens (including phenoxy) is 1. The van der Waals surface area contributed by atoms with Gasteiger partial charge in [-0.3, -0.25) is 0 Å². The Morgan fingerprint density at radius 2 is 2.13 bits per heavy atom. The van der Waals surface area contributed by atoms with Gasteiger partial charge in [-0.1, -0.05) is 29.8 Å². The quantitative estimate of drug-likeness (QED) is 0.515. The summed E-state index contributed by atoms with van der Waals surface area (Å²) in [6.45, 7) is 2.03. The van der Waals surface area contributed by atoms with Crippen LogP contribution in [-0.2, 0) is 4.74 Å². The van der Waals surface area contributed by atoms with Gasteiger partial charge in [0.05, 0.1) is 13.2 Å². The highest BCUT2D eigenvalue weighted by molar-refractivity contribution is 9.07. The number of alkyl halides is 1. The van der Waals surface area contributed by atoms with E-state index >= 15 is 0 Å². The molecule has 3 nitrogen and oxygen atoms in total. The second kappa shape index (κ2) is 4.70. The molecule has 82 valence electrons. The van der Waals surface area contributed by atoms with Crippen molar-refractivity contribution < 1.29 is 4.74 Å². The number of benzene rings is 1. The standard InChI is InChI=1S/C10H12BrClN2O/c11-14-6-7-15-10(12,8-14)13-9-4-2-1-3-5-9/h1-5,13H,6-8H2. The predicted octanol–water partition coefficient (Wildman–Crippen LogP) is 2.63. The summed E-state index contributed by atoms with van der Waals surface area (Å²) in [5.74, 6) is 0. The van der Waals surface area contributed by atoms with Gasteiger partial charge in [0.1, 0.15) is 0 Å². The van der Waals surface area contributed by atoms with E-state index in [0.717, 1.165) is 12.2 Å². The van der Waals surface area contributed by atoms with Gasteiger partial charge in [0.2, 0.25) is 5.18 Å². The minimum Gasteiger partial charge on any atom is -0.344 e. The molecule has 15 heavy (non-hydrogen) atoms. The Labute approximate surface area is 103 Å². The number of hydrogen-bond donors (Lipinski definition) is 1. The molecule has 1 fully saturated rings. The summed E-state index contributed by atoms with van der Waals surface area (Å²) in [7, 11) is 0. The Balaban J connectivity index is 2.04. The first-order valence-corrected chi connectivity index (χ1v) is 5.83. The van der Waals surface area contributed by atoms with E-state index < -0.39 is 5.18 Å². The Bertz CT molecular complexity index is 324. The molecular weight excluding hydrogens is 279 g/mol. The van der Waals surface area contributed by atoms with E-state index in [-0.39, 0.29) is 0 Å². The minimum atomic E-state index is -0.844. The molecule has 0 aliphatic carbocycles.